The number of benzene rings is 1. The average molecular weight is 259 g/mol. The molecule has 1 aromatic carbocycles. The largest absolute Gasteiger partial charge is 0.323 e. The highest BCUT2D eigenvalue weighted by atomic mass is 35.5. The summed E-state index contributed by atoms with van der Waals surface area (Å²) in [5, 5.41) is 12.5. The molecule has 0 atom stereocenters. The number of anilines is 2. The Morgan fingerprint density at radius 3 is 2.72 bits per heavy atom. The van der Waals surface area contributed by atoms with Crippen LogP contribution in [0.3, 0.4) is 0 Å². The zero-order valence-corrected chi connectivity index (χ0v) is 10.8. The quantitative estimate of drug-likeness (QED) is 0.897. The molecule has 5 heteroatoms. The number of halogens is 1. The van der Waals surface area contributed by atoms with Gasteiger partial charge >= 0.3 is 0 Å². The first-order valence-corrected chi connectivity index (χ1v) is 5.75. The van der Waals surface area contributed by atoms with Gasteiger partial charge in [0.1, 0.15) is 11.8 Å². The van der Waals surface area contributed by atoms with Crippen molar-refractivity contribution in [1.29, 1.82) is 5.26 Å². The molecule has 1 aromatic heterocycles. The van der Waals surface area contributed by atoms with Crippen molar-refractivity contribution in [3.63, 3.8) is 0 Å². The van der Waals surface area contributed by atoms with Gasteiger partial charge in [-0.05, 0) is 37.6 Å². The van der Waals surface area contributed by atoms with Gasteiger partial charge in [-0.25, -0.2) is 9.97 Å². The van der Waals surface area contributed by atoms with E-state index in [1.165, 1.54) is 0 Å². The van der Waals surface area contributed by atoms with Crippen LogP contribution in [0, 0.1) is 25.2 Å². The molecule has 0 saturated carbocycles. The van der Waals surface area contributed by atoms with Crippen LogP contribution < -0.4 is 5.32 Å². The second-order valence-electron chi connectivity index (χ2n) is 3.94. The second kappa shape index (κ2) is 5.03. The summed E-state index contributed by atoms with van der Waals surface area (Å²) >= 11 is 6.08. The van der Waals surface area contributed by atoms with E-state index < -0.39 is 0 Å². The van der Waals surface area contributed by atoms with Crippen LogP contribution in [-0.4, -0.2) is 9.97 Å². The number of aryl methyl sites for hydroxylation is 2. The smallest absolute Gasteiger partial charge is 0.228 e. The highest BCUT2D eigenvalue weighted by Crippen LogP contribution is 2.25. The SMILES string of the molecule is Cc1ccc(Cl)c(Nc2nc(C)cc(C#N)n2)c1. The number of hydrogen-bond donors (Lipinski definition) is 1. The van der Waals surface area contributed by atoms with Crippen LogP contribution in [0.1, 0.15) is 17.0 Å². The molecule has 90 valence electrons. The molecule has 0 aliphatic carbocycles. The molecule has 0 aliphatic heterocycles. The summed E-state index contributed by atoms with van der Waals surface area (Å²) in [6.45, 7) is 3.78. The van der Waals surface area contributed by atoms with Crippen molar-refractivity contribution in [2.45, 2.75) is 13.8 Å². The topological polar surface area (TPSA) is 61.6 Å². The number of aromatic nitrogens is 2. The maximum absolute atomic E-state index is 8.86. The van der Waals surface area contributed by atoms with Crippen molar-refractivity contribution in [1.82, 2.24) is 9.97 Å². The Bertz CT molecular complexity index is 631. The third-order valence-corrected chi connectivity index (χ3v) is 2.67. The molecule has 2 rings (SSSR count). The van der Waals surface area contributed by atoms with Crippen molar-refractivity contribution in [3.05, 3.63) is 46.2 Å². The highest BCUT2D eigenvalue weighted by molar-refractivity contribution is 6.33. The molecule has 0 amide bonds. The Kier molecular flexibility index (Phi) is 3.45. The van der Waals surface area contributed by atoms with E-state index in [0.717, 1.165) is 16.9 Å². The molecule has 1 N–H and O–H groups in total. The molecule has 0 bridgehead atoms. The van der Waals surface area contributed by atoms with Crippen LogP contribution in [0.4, 0.5) is 11.6 Å². The van der Waals surface area contributed by atoms with E-state index >= 15 is 0 Å². The van der Waals surface area contributed by atoms with Crippen LogP contribution in [0.2, 0.25) is 5.02 Å². The first-order valence-electron chi connectivity index (χ1n) is 5.37. The standard InChI is InChI=1S/C13H11ClN4/c1-8-3-4-11(14)12(5-8)18-13-16-9(2)6-10(7-15)17-13/h3-6H,1-2H3,(H,16,17,18). The Labute approximate surface area is 110 Å². The van der Waals surface area contributed by atoms with Gasteiger partial charge in [0, 0.05) is 5.69 Å². The molecule has 0 saturated heterocycles. The molecule has 0 aliphatic rings. The molecule has 0 unspecified atom stereocenters. The summed E-state index contributed by atoms with van der Waals surface area (Å²) in [6, 6.07) is 9.25. The van der Waals surface area contributed by atoms with Crippen molar-refractivity contribution in [2.75, 3.05) is 5.32 Å². The first kappa shape index (κ1) is 12.3. The van der Waals surface area contributed by atoms with Gasteiger partial charge in [-0.15, -0.1) is 0 Å². The van der Waals surface area contributed by atoms with Crippen LogP contribution in [0.5, 0.6) is 0 Å². The van der Waals surface area contributed by atoms with Crippen LogP contribution >= 0.6 is 11.6 Å². The highest BCUT2D eigenvalue weighted by Gasteiger charge is 2.05. The van der Waals surface area contributed by atoms with E-state index in [4.69, 9.17) is 16.9 Å². The normalized spacial score (nSPS) is 9.89. The van der Waals surface area contributed by atoms with Gasteiger partial charge in [-0.3, -0.25) is 0 Å². The second-order valence-corrected chi connectivity index (χ2v) is 4.35. The minimum atomic E-state index is 0.328. The zero-order valence-electron chi connectivity index (χ0n) is 10.0. The lowest BCUT2D eigenvalue weighted by Crippen LogP contribution is -2.01. The van der Waals surface area contributed by atoms with Gasteiger partial charge in [0.05, 0.1) is 10.7 Å². The Morgan fingerprint density at radius 1 is 1.22 bits per heavy atom. The maximum Gasteiger partial charge on any atom is 0.228 e. The molecule has 2 aromatic rings. The van der Waals surface area contributed by atoms with Crippen LogP contribution in [-0.2, 0) is 0 Å². The fourth-order valence-corrected chi connectivity index (χ4v) is 1.70. The fourth-order valence-electron chi connectivity index (χ4n) is 1.54. The van der Waals surface area contributed by atoms with Crippen LogP contribution in [0.25, 0.3) is 0 Å². The van der Waals surface area contributed by atoms with E-state index in [-0.39, 0.29) is 0 Å². The Hall–Kier alpha value is -2.12. The number of nitrogens with zero attached hydrogens (tertiary/aromatic N) is 3. The summed E-state index contributed by atoms with van der Waals surface area (Å²) in [5.41, 5.74) is 2.86. The summed E-state index contributed by atoms with van der Waals surface area (Å²) in [6.07, 6.45) is 0. The molecular formula is C13H11ClN4. The van der Waals surface area contributed by atoms with E-state index in [1.807, 2.05) is 32.0 Å². The van der Waals surface area contributed by atoms with Gasteiger partial charge in [0.2, 0.25) is 5.95 Å². The third kappa shape index (κ3) is 2.76. The van der Waals surface area contributed by atoms with Gasteiger partial charge < -0.3 is 5.32 Å². The average Bonchev–Trinajstić information content (AvgIpc) is 2.33. The Balaban J connectivity index is 2.37. The predicted octanol–water partition coefficient (Wildman–Crippen LogP) is 3.36. The first-order chi connectivity index (χ1) is 8.58. The molecule has 0 fully saturated rings. The third-order valence-electron chi connectivity index (χ3n) is 2.34. The molecular weight excluding hydrogens is 248 g/mol. The van der Waals surface area contributed by atoms with E-state index in [2.05, 4.69) is 15.3 Å². The van der Waals surface area contributed by atoms with Gasteiger partial charge in [-0.1, -0.05) is 17.7 Å². The summed E-state index contributed by atoms with van der Waals surface area (Å²) in [4.78, 5) is 8.29. The Morgan fingerprint density at radius 2 is 2.00 bits per heavy atom. The number of rotatable bonds is 2. The lowest BCUT2D eigenvalue weighted by Gasteiger charge is -2.08. The van der Waals surface area contributed by atoms with Gasteiger partial charge in [0.15, 0.2) is 0 Å². The lowest BCUT2D eigenvalue weighted by molar-refractivity contribution is 1.09. The van der Waals surface area contributed by atoms with Crippen molar-refractivity contribution in [2.24, 2.45) is 0 Å². The molecule has 4 nitrogen and oxygen atoms in total. The van der Waals surface area contributed by atoms with E-state index in [0.29, 0.717) is 16.7 Å². The number of nitriles is 1. The number of hydrogen-bond acceptors (Lipinski definition) is 4. The molecule has 18 heavy (non-hydrogen) atoms. The lowest BCUT2D eigenvalue weighted by atomic mass is 10.2. The van der Waals surface area contributed by atoms with Crippen molar-refractivity contribution >= 4 is 23.2 Å². The number of nitrogens with one attached hydrogen (secondary N) is 1. The van der Waals surface area contributed by atoms with E-state index in [9.17, 15) is 0 Å². The van der Waals surface area contributed by atoms with Gasteiger partial charge in [0.25, 0.3) is 0 Å². The van der Waals surface area contributed by atoms with E-state index in [1.54, 1.807) is 12.1 Å². The van der Waals surface area contributed by atoms with Crippen molar-refractivity contribution < 1.29 is 0 Å². The summed E-state index contributed by atoms with van der Waals surface area (Å²) < 4.78 is 0. The predicted molar refractivity (Wildman–Crippen MR) is 71.0 cm³/mol. The van der Waals surface area contributed by atoms with Gasteiger partial charge in [-0.2, -0.15) is 5.26 Å². The zero-order chi connectivity index (χ0) is 13.1. The molecule has 1 heterocycles. The maximum atomic E-state index is 8.86. The molecule has 0 radical (unpaired) electrons. The minimum Gasteiger partial charge on any atom is -0.323 e. The summed E-state index contributed by atoms with van der Waals surface area (Å²) in [5.74, 6) is 0.374. The van der Waals surface area contributed by atoms with Crippen LogP contribution in [0.15, 0.2) is 24.3 Å². The van der Waals surface area contributed by atoms with Crippen molar-refractivity contribution in [3.8, 4) is 6.07 Å². The minimum absolute atomic E-state index is 0.328. The fraction of sp³-hybridized carbons (Fsp3) is 0.154. The summed E-state index contributed by atoms with van der Waals surface area (Å²) in [7, 11) is 0. The monoisotopic (exact) mass is 258 g/mol. The molecule has 0 spiro atoms.